The van der Waals surface area contributed by atoms with Crippen LogP contribution < -0.4 is 15.6 Å². The van der Waals surface area contributed by atoms with Gasteiger partial charge in [0.15, 0.2) is 5.13 Å². The van der Waals surface area contributed by atoms with Gasteiger partial charge in [-0.15, -0.1) is 11.3 Å². The van der Waals surface area contributed by atoms with Gasteiger partial charge in [-0.05, 0) is 36.2 Å². The van der Waals surface area contributed by atoms with E-state index in [0.717, 1.165) is 36.3 Å². The van der Waals surface area contributed by atoms with E-state index in [-0.39, 0.29) is 17.2 Å². The number of fused-ring (bicyclic) bond motifs is 1. The van der Waals surface area contributed by atoms with E-state index in [9.17, 15) is 9.59 Å². The molecule has 0 fully saturated rings. The van der Waals surface area contributed by atoms with Gasteiger partial charge in [-0.25, -0.2) is 9.67 Å². The van der Waals surface area contributed by atoms with E-state index in [2.05, 4.69) is 21.5 Å². The van der Waals surface area contributed by atoms with Gasteiger partial charge < -0.3 is 4.74 Å². The highest BCUT2D eigenvalue weighted by molar-refractivity contribution is 7.14. The number of hydrogen-bond donors (Lipinski definition) is 1. The summed E-state index contributed by atoms with van der Waals surface area (Å²) >= 11 is 1.35. The Labute approximate surface area is 166 Å². The number of carbonyl (C=O) groups excluding carboxylic acids is 1. The second-order valence-corrected chi connectivity index (χ2v) is 7.40. The molecule has 0 aliphatic carbocycles. The number of anilines is 1. The van der Waals surface area contributed by atoms with Gasteiger partial charge in [0, 0.05) is 30.0 Å². The van der Waals surface area contributed by atoms with Crippen LogP contribution >= 0.6 is 11.3 Å². The molecular weight excluding hydrogens is 376 g/mol. The molecule has 0 spiro atoms. The van der Waals surface area contributed by atoms with E-state index >= 15 is 0 Å². The molecule has 1 amide bonds. The molecule has 3 heterocycles. The van der Waals surface area contributed by atoms with Gasteiger partial charge in [-0.1, -0.05) is 13.3 Å². The van der Waals surface area contributed by atoms with Gasteiger partial charge in [0.1, 0.15) is 11.4 Å². The summed E-state index contributed by atoms with van der Waals surface area (Å²) in [4.78, 5) is 28.9. The summed E-state index contributed by atoms with van der Waals surface area (Å²) in [6, 6.07) is 8.81. The van der Waals surface area contributed by atoms with Crippen LogP contribution in [-0.2, 0) is 13.0 Å². The number of aryl methyl sites for hydroxylation is 1. The van der Waals surface area contributed by atoms with E-state index in [1.165, 1.54) is 33.7 Å². The predicted octanol–water partition coefficient (Wildman–Crippen LogP) is 3.35. The van der Waals surface area contributed by atoms with Crippen molar-refractivity contribution in [2.45, 2.75) is 32.7 Å². The first-order valence-corrected chi connectivity index (χ1v) is 10.1. The maximum absolute atomic E-state index is 12.5. The highest BCUT2D eigenvalue weighted by Gasteiger charge is 2.15. The minimum absolute atomic E-state index is 0.196. The molecule has 1 aromatic carbocycles. The molecule has 1 aliphatic rings. The number of aromatic nitrogens is 3. The number of unbranched alkanes of at least 4 members (excludes halogenated alkanes) is 1. The molecule has 0 saturated heterocycles. The third-order valence-electron chi connectivity index (χ3n) is 4.53. The van der Waals surface area contributed by atoms with Crippen molar-refractivity contribution in [3.63, 3.8) is 0 Å². The highest BCUT2D eigenvalue weighted by atomic mass is 32.1. The van der Waals surface area contributed by atoms with Gasteiger partial charge in [-0.3, -0.25) is 14.9 Å². The van der Waals surface area contributed by atoms with Crippen LogP contribution in [0.1, 0.15) is 35.8 Å². The number of nitrogens with one attached hydrogen (secondary N) is 1. The van der Waals surface area contributed by atoms with E-state index in [1.54, 1.807) is 0 Å². The second kappa shape index (κ2) is 7.93. The summed E-state index contributed by atoms with van der Waals surface area (Å²) in [5, 5.41) is 9.33. The summed E-state index contributed by atoms with van der Waals surface area (Å²) in [5.74, 6) is 0.547. The standard InChI is InChI=1S/C20H20N4O3S/c1-2-3-9-24-18(25)7-5-15(23-24)19(26)22-20-21-16(12-28-20)13-4-6-17-14(11-13)8-10-27-17/h4-7,11-12H,2-3,8-10H2,1H3,(H,21,22,26). The summed E-state index contributed by atoms with van der Waals surface area (Å²) in [6.45, 7) is 3.25. The van der Waals surface area contributed by atoms with E-state index in [0.29, 0.717) is 18.3 Å². The first kappa shape index (κ1) is 18.4. The predicted molar refractivity (Wildman–Crippen MR) is 108 cm³/mol. The summed E-state index contributed by atoms with van der Waals surface area (Å²) in [5.41, 5.74) is 2.96. The molecule has 0 saturated carbocycles. The lowest BCUT2D eigenvalue weighted by molar-refractivity contribution is 0.101. The molecule has 3 aromatic rings. The van der Waals surface area contributed by atoms with Crippen molar-refractivity contribution in [3.05, 3.63) is 57.3 Å². The van der Waals surface area contributed by atoms with Crippen molar-refractivity contribution in [3.8, 4) is 17.0 Å². The first-order chi connectivity index (χ1) is 13.6. The fourth-order valence-corrected chi connectivity index (χ4v) is 3.72. The molecule has 4 rings (SSSR count). The first-order valence-electron chi connectivity index (χ1n) is 9.25. The number of carbonyl (C=O) groups is 1. The lowest BCUT2D eigenvalue weighted by Crippen LogP contribution is -2.26. The number of rotatable bonds is 6. The zero-order valence-corrected chi connectivity index (χ0v) is 16.3. The molecule has 1 aliphatic heterocycles. The van der Waals surface area contributed by atoms with Gasteiger partial charge in [0.25, 0.3) is 11.5 Å². The Morgan fingerprint density at radius 1 is 1.32 bits per heavy atom. The zero-order chi connectivity index (χ0) is 19.5. The van der Waals surface area contributed by atoms with Crippen molar-refractivity contribution in [2.75, 3.05) is 11.9 Å². The molecule has 2 aromatic heterocycles. The van der Waals surface area contributed by atoms with Crippen molar-refractivity contribution in [1.82, 2.24) is 14.8 Å². The topological polar surface area (TPSA) is 86.1 Å². The van der Waals surface area contributed by atoms with E-state index in [1.807, 2.05) is 24.4 Å². The summed E-state index contributed by atoms with van der Waals surface area (Å²) < 4.78 is 6.86. The summed E-state index contributed by atoms with van der Waals surface area (Å²) in [7, 11) is 0. The average Bonchev–Trinajstić information content (AvgIpc) is 3.36. The molecule has 8 heteroatoms. The average molecular weight is 396 g/mol. The van der Waals surface area contributed by atoms with Crippen molar-refractivity contribution in [1.29, 1.82) is 0 Å². The SMILES string of the molecule is CCCCn1nc(C(=O)Nc2nc(-c3ccc4c(c3)CCO4)cs2)ccc1=O. The highest BCUT2D eigenvalue weighted by Crippen LogP contribution is 2.31. The lowest BCUT2D eigenvalue weighted by Gasteiger charge is -2.06. The Bertz CT molecular complexity index is 1070. The molecule has 0 bridgehead atoms. The number of benzene rings is 1. The molecule has 1 N–H and O–H groups in total. The Balaban J connectivity index is 1.49. The van der Waals surface area contributed by atoms with Gasteiger partial charge in [-0.2, -0.15) is 5.10 Å². The molecule has 0 unspecified atom stereocenters. The molecule has 0 radical (unpaired) electrons. The number of thiazole rings is 1. The van der Waals surface area contributed by atoms with Crippen LogP contribution in [0.25, 0.3) is 11.3 Å². The zero-order valence-electron chi connectivity index (χ0n) is 15.5. The molecule has 0 atom stereocenters. The monoisotopic (exact) mass is 396 g/mol. The Morgan fingerprint density at radius 2 is 2.21 bits per heavy atom. The van der Waals surface area contributed by atoms with Gasteiger partial charge in [0.05, 0.1) is 12.3 Å². The van der Waals surface area contributed by atoms with Crippen LogP contribution in [-0.4, -0.2) is 27.3 Å². The smallest absolute Gasteiger partial charge is 0.277 e. The van der Waals surface area contributed by atoms with Crippen LogP contribution in [0.4, 0.5) is 5.13 Å². The third kappa shape index (κ3) is 3.82. The van der Waals surface area contributed by atoms with E-state index < -0.39 is 0 Å². The van der Waals surface area contributed by atoms with Crippen LogP contribution in [0.15, 0.2) is 40.5 Å². The van der Waals surface area contributed by atoms with Crippen LogP contribution in [0.2, 0.25) is 0 Å². The largest absolute Gasteiger partial charge is 0.493 e. The summed E-state index contributed by atoms with van der Waals surface area (Å²) in [6.07, 6.45) is 2.68. The molecular formula is C20H20N4O3S. The number of amides is 1. The quantitative estimate of drug-likeness (QED) is 0.690. The normalized spacial score (nSPS) is 12.5. The molecule has 7 nitrogen and oxygen atoms in total. The van der Waals surface area contributed by atoms with Crippen LogP contribution in [0, 0.1) is 0 Å². The number of nitrogens with zero attached hydrogens (tertiary/aromatic N) is 3. The fourth-order valence-electron chi connectivity index (χ4n) is 3.01. The Hall–Kier alpha value is -3.00. The van der Waals surface area contributed by atoms with Gasteiger partial charge >= 0.3 is 0 Å². The minimum Gasteiger partial charge on any atom is -0.493 e. The maximum atomic E-state index is 12.5. The minimum atomic E-state index is -0.381. The molecule has 28 heavy (non-hydrogen) atoms. The molecule has 144 valence electrons. The second-order valence-electron chi connectivity index (χ2n) is 6.55. The Kier molecular flexibility index (Phi) is 5.21. The Morgan fingerprint density at radius 3 is 3.07 bits per heavy atom. The third-order valence-corrected chi connectivity index (χ3v) is 5.29. The van der Waals surface area contributed by atoms with Crippen molar-refractivity contribution >= 4 is 22.4 Å². The van der Waals surface area contributed by atoms with Crippen molar-refractivity contribution in [2.24, 2.45) is 0 Å². The fraction of sp³-hybridized carbons (Fsp3) is 0.300. The van der Waals surface area contributed by atoms with Gasteiger partial charge in [0.2, 0.25) is 0 Å². The van der Waals surface area contributed by atoms with Crippen molar-refractivity contribution < 1.29 is 9.53 Å². The van der Waals surface area contributed by atoms with Crippen LogP contribution in [0.3, 0.4) is 0 Å². The number of hydrogen-bond acceptors (Lipinski definition) is 6. The van der Waals surface area contributed by atoms with Crippen LogP contribution in [0.5, 0.6) is 5.75 Å². The lowest BCUT2D eigenvalue weighted by atomic mass is 10.1. The maximum Gasteiger partial charge on any atom is 0.277 e. The van der Waals surface area contributed by atoms with E-state index in [4.69, 9.17) is 4.74 Å². The number of ether oxygens (including phenoxy) is 1.